The van der Waals surface area contributed by atoms with E-state index in [4.69, 9.17) is 16.3 Å². The standard InChI is InChI=1S/C24H24ClN3O3/c1-24(2,17-7-5-4-6-8-17)28-23(30)20-15-19(11-12-26-20)27-22(29)14-16-13-18(25)9-10-21(16)31-3/h4-13,15H,14H2,1-3H3,(H,28,30)(H,26,27,29). The van der Waals surface area contributed by atoms with Crippen molar-refractivity contribution in [1.29, 1.82) is 0 Å². The first-order chi connectivity index (χ1) is 14.8. The number of benzene rings is 2. The summed E-state index contributed by atoms with van der Waals surface area (Å²) in [6.07, 6.45) is 1.56. The van der Waals surface area contributed by atoms with Gasteiger partial charge in [-0.3, -0.25) is 14.6 Å². The van der Waals surface area contributed by atoms with Crippen molar-refractivity contribution < 1.29 is 14.3 Å². The third kappa shape index (κ3) is 5.83. The molecule has 160 valence electrons. The van der Waals surface area contributed by atoms with Crippen LogP contribution in [0.2, 0.25) is 5.02 Å². The van der Waals surface area contributed by atoms with Gasteiger partial charge in [0.2, 0.25) is 5.91 Å². The summed E-state index contributed by atoms with van der Waals surface area (Å²) >= 11 is 6.03. The second-order valence-corrected chi connectivity index (χ2v) is 7.99. The smallest absolute Gasteiger partial charge is 0.270 e. The molecule has 0 radical (unpaired) electrons. The normalized spacial score (nSPS) is 11.0. The highest BCUT2D eigenvalue weighted by Crippen LogP contribution is 2.24. The summed E-state index contributed by atoms with van der Waals surface area (Å²) in [6.45, 7) is 3.84. The van der Waals surface area contributed by atoms with Gasteiger partial charge in [-0.2, -0.15) is 0 Å². The summed E-state index contributed by atoms with van der Waals surface area (Å²) in [6, 6.07) is 18.0. The Hall–Kier alpha value is -3.38. The van der Waals surface area contributed by atoms with E-state index in [2.05, 4.69) is 15.6 Å². The van der Waals surface area contributed by atoms with Crippen molar-refractivity contribution in [3.63, 3.8) is 0 Å². The molecule has 0 unspecified atom stereocenters. The largest absolute Gasteiger partial charge is 0.496 e. The number of anilines is 1. The molecule has 0 bridgehead atoms. The molecule has 0 aliphatic heterocycles. The van der Waals surface area contributed by atoms with Gasteiger partial charge >= 0.3 is 0 Å². The van der Waals surface area contributed by atoms with Crippen LogP contribution >= 0.6 is 11.6 Å². The number of rotatable bonds is 7. The van der Waals surface area contributed by atoms with Gasteiger partial charge in [0.25, 0.3) is 5.91 Å². The Balaban J connectivity index is 1.69. The van der Waals surface area contributed by atoms with Gasteiger partial charge in [0, 0.05) is 22.5 Å². The van der Waals surface area contributed by atoms with Crippen LogP contribution in [-0.2, 0) is 16.8 Å². The number of carbonyl (C=O) groups excluding carboxylic acids is 2. The predicted molar refractivity (Wildman–Crippen MR) is 122 cm³/mol. The van der Waals surface area contributed by atoms with Gasteiger partial charge in [-0.1, -0.05) is 41.9 Å². The fourth-order valence-corrected chi connectivity index (χ4v) is 3.37. The number of amides is 2. The molecule has 0 saturated heterocycles. The number of hydrogen-bond acceptors (Lipinski definition) is 4. The van der Waals surface area contributed by atoms with E-state index in [1.165, 1.54) is 13.3 Å². The minimum absolute atomic E-state index is 0.0780. The van der Waals surface area contributed by atoms with Crippen molar-refractivity contribution in [2.45, 2.75) is 25.8 Å². The van der Waals surface area contributed by atoms with Crippen LogP contribution in [-0.4, -0.2) is 23.9 Å². The SMILES string of the molecule is COc1ccc(Cl)cc1CC(=O)Nc1ccnc(C(=O)NC(C)(C)c2ccccc2)c1. The Bertz CT molecular complexity index is 1080. The van der Waals surface area contributed by atoms with E-state index in [-0.39, 0.29) is 23.9 Å². The number of methoxy groups -OCH3 is 1. The van der Waals surface area contributed by atoms with E-state index < -0.39 is 5.54 Å². The lowest BCUT2D eigenvalue weighted by atomic mass is 9.94. The van der Waals surface area contributed by atoms with Crippen molar-refractivity contribution in [3.05, 3.63) is 88.7 Å². The van der Waals surface area contributed by atoms with Crippen molar-refractivity contribution in [3.8, 4) is 5.75 Å². The minimum Gasteiger partial charge on any atom is -0.496 e. The highest BCUT2D eigenvalue weighted by atomic mass is 35.5. The molecule has 0 spiro atoms. The van der Waals surface area contributed by atoms with Crippen LogP contribution in [0.3, 0.4) is 0 Å². The van der Waals surface area contributed by atoms with Crippen molar-refractivity contribution >= 4 is 29.1 Å². The van der Waals surface area contributed by atoms with Crippen LogP contribution < -0.4 is 15.4 Å². The predicted octanol–water partition coefficient (Wildman–Crippen LogP) is 4.59. The van der Waals surface area contributed by atoms with Crippen molar-refractivity contribution in [1.82, 2.24) is 10.3 Å². The Morgan fingerprint density at radius 2 is 1.81 bits per heavy atom. The van der Waals surface area contributed by atoms with Gasteiger partial charge in [-0.05, 0) is 49.7 Å². The quantitative estimate of drug-likeness (QED) is 0.566. The zero-order valence-electron chi connectivity index (χ0n) is 17.6. The Labute approximate surface area is 186 Å². The lowest BCUT2D eigenvalue weighted by molar-refractivity contribution is -0.115. The fraction of sp³-hybridized carbons (Fsp3) is 0.208. The molecule has 3 rings (SSSR count). The van der Waals surface area contributed by atoms with E-state index in [9.17, 15) is 9.59 Å². The summed E-state index contributed by atoms with van der Waals surface area (Å²) in [5.74, 6) is -0.0123. The van der Waals surface area contributed by atoms with E-state index in [1.807, 2.05) is 44.2 Å². The molecule has 0 atom stereocenters. The summed E-state index contributed by atoms with van der Waals surface area (Å²) in [7, 11) is 1.54. The number of ether oxygens (including phenoxy) is 1. The van der Waals surface area contributed by atoms with Gasteiger partial charge < -0.3 is 15.4 Å². The number of aromatic nitrogens is 1. The Morgan fingerprint density at radius 3 is 2.52 bits per heavy atom. The average Bonchev–Trinajstić information content (AvgIpc) is 2.74. The molecule has 7 heteroatoms. The summed E-state index contributed by atoms with van der Waals surface area (Å²) < 4.78 is 5.28. The molecule has 0 aliphatic carbocycles. The van der Waals surface area contributed by atoms with Crippen molar-refractivity contribution in [2.75, 3.05) is 12.4 Å². The van der Waals surface area contributed by atoms with Gasteiger partial charge in [0.1, 0.15) is 11.4 Å². The first-order valence-corrected chi connectivity index (χ1v) is 10.1. The molecule has 1 aromatic heterocycles. The second kappa shape index (κ2) is 9.62. The van der Waals surface area contributed by atoms with Gasteiger partial charge in [-0.25, -0.2) is 0 Å². The maximum atomic E-state index is 12.8. The van der Waals surface area contributed by atoms with Gasteiger partial charge in [0.15, 0.2) is 0 Å². The molecule has 1 heterocycles. The molecule has 2 N–H and O–H groups in total. The molecular weight excluding hydrogens is 414 g/mol. The molecule has 0 fully saturated rings. The summed E-state index contributed by atoms with van der Waals surface area (Å²) in [5, 5.41) is 6.30. The molecule has 0 saturated carbocycles. The van der Waals surface area contributed by atoms with Crippen LogP contribution in [0.5, 0.6) is 5.75 Å². The lowest BCUT2D eigenvalue weighted by Gasteiger charge is -2.26. The van der Waals surface area contributed by atoms with Crippen molar-refractivity contribution in [2.24, 2.45) is 0 Å². The van der Waals surface area contributed by atoms with Gasteiger partial charge in [0.05, 0.1) is 19.1 Å². The fourth-order valence-electron chi connectivity index (χ4n) is 3.17. The van der Waals surface area contributed by atoms with Crippen LogP contribution in [0.1, 0.15) is 35.5 Å². The molecule has 3 aromatic rings. The van der Waals surface area contributed by atoms with E-state index in [0.29, 0.717) is 22.0 Å². The Morgan fingerprint density at radius 1 is 1.06 bits per heavy atom. The molecule has 31 heavy (non-hydrogen) atoms. The van der Waals surface area contributed by atoms with Crippen LogP contribution in [0.25, 0.3) is 0 Å². The highest BCUT2D eigenvalue weighted by Gasteiger charge is 2.24. The summed E-state index contributed by atoms with van der Waals surface area (Å²) in [5.41, 5.74) is 1.75. The number of nitrogens with zero attached hydrogens (tertiary/aromatic N) is 1. The maximum Gasteiger partial charge on any atom is 0.270 e. The lowest BCUT2D eigenvalue weighted by Crippen LogP contribution is -2.41. The number of nitrogens with one attached hydrogen (secondary N) is 2. The summed E-state index contributed by atoms with van der Waals surface area (Å²) in [4.78, 5) is 29.4. The maximum absolute atomic E-state index is 12.8. The van der Waals surface area contributed by atoms with Crippen LogP contribution in [0, 0.1) is 0 Å². The van der Waals surface area contributed by atoms with E-state index >= 15 is 0 Å². The minimum atomic E-state index is -0.581. The Kier molecular flexibility index (Phi) is 6.92. The number of hydrogen-bond donors (Lipinski definition) is 2. The average molecular weight is 438 g/mol. The number of halogens is 1. The van der Waals surface area contributed by atoms with Gasteiger partial charge in [-0.15, -0.1) is 0 Å². The third-order valence-electron chi connectivity index (χ3n) is 4.79. The molecule has 2 aromatic carbocycles. The van der Waals surface area contributed by atoms with Crippen LogP contribution in [0.15, 0.2) is 66.9 Å². The monoisotopic (exact) mass is 437 g/mol. The second-order valence-electron chi connectivity index (χ2n) is 7.56. The molecule has 6 nitrogen and oxygen atoms in total. The van der Waals surface area contributed by atoms with E-state index in [1.54, 1.807) is 30.3 Å². The molecular formula is C24H24ClN3O3. The molecule has 0 aliphatic rings. The topological polar surface area (TPSA) is 80.3 Å². The zero-order valence-corrected chi connectivity index (χ0v) is 18.4. The zero-order chi connectivity index (χ0) is 22.4. The third-order valence-corrected chi connectivity index (χ3v) is 5.03. The number of pyridine rings is 1. The first-order valence-electron chi connectivity index (χ1n) is 9.75. The molecule has 2 amide bonds. The van der Waals surface area contributed by atoms with Crippen LogP contribution in [0.4, 0.5) is 5.69 Å². The number of carbonyl (C=O) groups is 2. The highest BCUT2D eigenvalue weighted by molar-refractivity contribution is 6.30. The first kappa shape index (κ1) is 22.3. The van der Waals surface area contributed by atoms with E-state index in [0.717, 1.165) is 5.56 Å².